The van der Waals surface area contributed by atoms with Crippen molar-refractivity contribution in [2.24, 2.45) is 5.92 Å². The van der Waals surface area contributed by atoms with Gasteiger partial charge in [0.15, 0.2) is 11.5 Å². The molecule has 1 saturated heterocycles. The molecule has 0 aliphatic carbocycles. The lowest BCUT2D eigenvalue weighted by atomic mass is 9.86. The van der Waals surface area contributed by atoms with Gasteiger partial charge in [0, 0.05) is 24.4 Å². The van der Waals surface area contributed by atoms with Gasteiger partial charge in [-0.3, -0.25) is 4.79 Å². The zero-order valence-corrected chi connectivity index (χ0v) is 21.4. The zero-order valence-electron chi connectivity index (χ0n) is 21.4. The number of methoxy groups -OCH3 is 2. The van der Waals surface area contributed by atoms with Crippen molar-refractivity contribution in [1.29, 1.82) is 0 Å². The molecule has 0 bridgehead atoms. The molecule has 6 heteroatoms. The Labute approximate surface area is 209 Å². The summed E-state index contributed by atoms with van der Waals surface area (Å²) in [5.74, 6) is 1.14. The minimum Gasteiger partial charge on any atom is -0.493 e. The molecule has 192 valence electrons. The molecule has 1 heterocycles. The molecule has 1 atom stereocenters. The van der Waals surface area contributed by atoms with E-state index in [0.29, 0.717) is 17.9 Å². The maximum atomic E-state index is 13.2. The molecule has 3 rings (SSSR count). The summed E-state index contributed by atoms with van der Waals surface area (Å²) in [6.45, 7) is 4.96. The normalized spacial score (nSPS) is 15.5. The van der Waals surface area contributed by atoms with Crippen molar-refractivity contribution in [1.82, 2.24) is 4.90 Å². The number of carbonyl (C=O) groups excluding carboxylic acids is 1. The van der Waals surface area contributed by atoms with Gasteiger partial charge in [-0.15, -0.1) is 0 Å². The molecule has 0 unspecified atom stereocenters. The van der Waals surface area contributed by atoms with Crippen LogP contribution >= 0.6 is 0 Å². The van der Waals surface area contributed by atoms with Gasteiger partial charge in [0.1, 0.15) is 11.9 Å². The fraction of sp³-hybridized carbons (Fsp3) is 0.552. The van der Waals surface area contributed by atoms with Crippen LogP contribution in [-0.2, 0) is 16.0 Å². The lowest BCUT2D eigenvalue weighted by molar-refractivity contribution is -0.153. The Morgan fingerprint density at radius 2 is 1.77 bits per heavy atom. The fourth-order valence-corrected chi connectivity index (χ4v) is 4.86. The van der Waals surface area contributed by atoms with E-state index in [2.05, 4.69) is 11.8 Å². The Balaban J connectivity index is 1.66. The first-order valence-electron chi connectivity index (χ1n) is 12.9. The van der Waals surface area contributed by atoms with E-state index in [1.54, 1.807) is 14.2 Å². The van der Waals surface area contributed by atoms with Crippen molar-refractivity contribution in [2.45, 2.75) is 64.4 Å². The van der Waals surface area contributed by atoms with Crippen LogP contribution in [0.25, 0.3) is 0 Å². The van der Waals surface area contributed by atoms with Crippen molar-refractivity contribution in [3.8, 4) is 11.5 Å². The van der Waals surface area contributed by atoms with Crippen LogP contribution in [0.3, 0.4) is 0 Å². The van der Waals surface area contributed by atoms with Gasteiger partial charge in [-0.25, -0.2) is 4.39 Å². The Kier molecular flexibility index (Phi) is 10.9. The molecule has 2 aromatic rings. The minimum absolute atomic E-state index is 0.144. The number of carbonyl (C=O) groups is 1. The highest BCUT2D eigenvalue weighted by atomic mass is 19.1. The summed E-state index contributed by atoms with van der Waals surface area (Å²) in [5, 5.41) is 0. The van der Waals surface area contributed by atoms with Gasteiger partial charge in [0.2, 0.25) is 0 Å². The van der Waals surface area contributed by atoms with E-state index >= 15 is 0 Å². The summed E-state index contributed by atoms with van der Waals surface area (Å²) in [6, 6.07) is 12.5. The molecule has 1 aliphatic heterocycles. The van der Waals surface area contributed by atoms with E-state index in [4.69, 9.17) is 14.2 Å². The van der Waals surface area contributed by atoms with E-state index in [-0.39, 0.29) is 23.8 Å². The van der Waals surface area contributed by atoms with Gasteiger partial charge in [-0.1, -0.05) is 50.5 Å². The van der Waals surface area contributed by atoms with Gasteiger partial charge in [-0.05, 0) is 62.5 Å². The number of unbranched alkanes of at least 4 members (excludes halogenated alkanes) is 3. The lowest BCUT2D eigenvalue weighted by Gasteiger charge is -2.36. The number of halogens is 1. The van der Waals surface area contributed by atoms with Crippen LogP contribution in [-0.4, -0.2) is 44.7 Å². The maximum Gasteiger partial charge on any atom is 0.306 e. The third-order valence-electron chi connectivity index (χ3n) is 6.92. The summed E-state index contributed by atoms with van der Waals surface area (Å²) in [6.07, 6.45) is 7.01. The van der Waals surface area contributed by atoms with Gasteiger partial charge in [-0.2, -0.15) is 0 Å². The first kappa shape index (κ1) is 27.0. The molecule has 0 aromatic heterocycles. The average molecular weight is 486 g/mol. The van der Waals surface area contributed by atoms with Crippen LogP contribution in [0.4, 0.5) is 4.39 Å². The molecule has 1 fully saturated rings. The minimum atomic E-state index is -0.363. The Morgan fingerprint density at radius 1 is 1.03 bits per heavy atom. The van der Waals surface area contributed by atoms with Crippen LogP contribution in [0.5, 0.6) is 11.5 Å². The molecule has 0 amide bonds. The number of ether oxygens (including phenoxy) is 3. The monoisotopic (exact) mass is 485 g/mol. The van der Waals surface area contributed by atoms with Gasteiger partial charge in [0.25, 0.3) is 0 Å². The first-order chi connectivity index (χ1) is 17.0. The van der Waals surface area contributed by atoms with Crippen LogP contribution < -0.4 is 9.47 Å². The highest BCUT2D eigenvalue weighted by Crippen LogP contribution is 2.42. The first-order valence-corrected chi connectivity index (χ1v) is 12.9. The third-order valence-corrected chi connectivity index (χ3v) is 6.92. The number of esters is 1. The highest BCUT2D eigenvalue weighted by Gasteiger charge is 2.33. The molecule has 35 heavy (non-hydrogen) atoms. The number of rotatable bonds is 13. The van der Waals surface area contributed by atoms with Crippen molar-refractivity contribution < 1.29 is 23.4 Å². The highest BCUT2D eigenvalue weighted by molar-refractivity contribution is 5.70. The number of piperidine rings is 1. The molecule has 1 aliphatic rings. The van der Waals surface area contributed by atoms with Crippen LogP contribution in [0, 0.1) is 11.7 Å². The number of hydrogen-bond acceptors (Lipinski definition) is 5. The second kappa shape index (κ2) is 14.1. The van der Waals surface area contributed by atoms with Crippen LogP contribution in [0.15, 0.2) is 42.5 Å². The predicted octanol–water partition coefficient (Wildman–Crippen LogP) is 6.35. The summed E-state index contributed by atoms with van der Waals surface area (Å²) in [7, 11) is 3.25. The Hall–Kier alpha value is -2.60. The molecule has 2 aromatic carbocycles. The largest absolute Gasteiger partial charge is 0.493 e. The molecular weight excluding hydrogens is 445 g/mol. The number of nitrogens with zero attached hydrogens (tertiary/aromatic N) is 1. The average Bonchev–Trinajstić information content (AvgIpc) is 2.89. The predicted molar refractivity (Wildman–Crippen MR) is 136 cm³/mol. The Bertz CT molecular complexity index is 909. The van der Waals surface area contributed by atoms with E-state index in [1.165, 1.54) is 12.1 Å². The number of para-hydroxylation sites is 1. The van der Waals surface area contributed by atoms with Crippen LogP contribution in [0.2, 0.25) is 0 Å². The summed E-state index contributed by atoms with van der Waals surface area (Å²) in [5.41, 5.74) is 2.02. The van der Waals surface area contributed by atoms with E-state index in [9.17, 15) is 9.18 Å². The second-order valence-electron chi connectivity index (χ2n) is 9.36. The Morgan fingerprint density at radius 3 is 2.43 bits per heavy atom. The van der Waals surface area contributed by atoms with E-state index in [0.717, 1.165) is 75.7 Å². The molecule has 0 radical (unpaired) electrons. The standard InChI is InChI=1S/C29H40FNO4/c1-4-5-6-7-11-27(32)35-28(25-9-8-10-26(33-2)29(25)34-3)23-17-20-31(21-18-23)19-16-22-12-14-24(30)15-13-22/h8-10,12-15,23,28H,4-7,11,16-21H2,1-3H3/t28-/m1/s1. The van der Waals surface area contributed by atoms with Crippen molar-refractivity contribution >= 4 is 5.97 Å². The molecular formula is C29H40FNO4. The van der Waals surface area contributed by atoms with Crippen LogP contribution in [0.1, 0.15) is 69.1 Å². The second-order valence-corrected chi connectivity index (χ2v) is 9.36. The van der Waals surface area contributed by atoms with Crippen molar-refractivity contribution in [2.75, 3.05) is 33.9 Å². The maximum absolute atomic E-state index is 13.2. The van der Waals surface area contributed by atoms with Gasteiger partial charge >= 0.3 is 5.97 Å². The van der Waals surface area contributed by atoms with Crippen molar-refractivity contribution in [3.05, 3.63) is 59.4 Å². The smallest absolute Gasteiger partial charge is 0.306 e. The molecule has 0 N–H and O–H groups in total. The summed E-state index contributed by atoms with van der Waals surface area (Å²) < 4.78 is 30.5. The van der Waals surface area contributed by atoms with Crippen molar-refractivity contribution in [3.63, 3.8) is 0 Å². The fourth-order valence-electron chi connectivity index (χ4n) is 4.86. The molecule has 5 nitrogen and oxygen atoms in total. The summed E-state index contributed by atoms with van der Waals surface area (Å²) in [4.78, 5) is 15.2. The SMILES string of the molecule is CCCCCCC(=O)O[C@@H](c1cccc(OC)c1OC)C1CCN(CCc2ccc(F)cc2)CC1. The van der Waals surface area contributed by atoms with E-state index < -0.39 is 0 Å². The third kappa shape index (κ3) is 7.96. The topological polar surface area (TPSA) is 48.0 Å². The summed E-state index contributed by atoms with van der Waals surface area (Å²) >= 11 is 0. The molecule has 0 saturated carbocycles. The number of benzene rings is 2. The number of likely N-dealkylation sites (tertiary alicyclic amines) is 1. The quantitative estimate of drug-likeness (QED) is 0.244. The van der Waals surface area contributed by atoms with E-state index in [1.807, 2.05) is 30.3 Å². The zero-order chi connectivity index (χ0) is 25.0. The molecule has 0 spiro atoms. The van der Waals surface area contributed by atoms with Gasteiger partial charge < -0.3 is 19.1 Å². The lowest BCUT2D eigenvalue weighted by Crippen LogP contribution is -2.37. The van der Waals surface area contributed by atoms with Gasteiger partial charge in [0.05, 0.1) is 14.2 Å². The number of hydrogen-bond donors (Lipinski definition) is 0.